The van der Waals surface area contributed by atoms with Gasteiger partial charge in [0.05, 0.1) is 19.8 Å². The molecule has 0 saturated carbocycles. The number of methoxy groups -OCH3 is 2. The summed E-state index contributed by atoms with van der Waals surface area (Å²) in [6.45, 7) is 3.12. The molecule has 3 nitrogen and oxygen atoms in total. The second kappa shape index (κ2) is 9.28. The Morgan fingerprint density at radius 3 is 2.40 bits per heavy atom. The lowest BCUT2D eigenvalue weighted by atomic mass is 9.98. The monoisotopic (exact) mass is 275 g/mol. The molecule has 1 rings (SSSR count). The molecule has 0 amide bonds. The first-order chi connectivity index (χ1) is 9.78. The van der Waals surface area contributed by atoms with E-state index in [-0.39, 0.29) is 6.04 Å². The highest BCUT2D eigenvalue weighted by Gasteiger charge is 2.19. The van der Waals surface area contributed by atoms with Gasteiger partial charge in [-0.05, 0) is 37.9 Å². The third-order valence-corrected chi connectivity index (χ3v) is 3.27. The van der Waals surface area contributed by atoms with Crippen molar-refractivity contribution < 1.29 is 9.47 Å². The van der Waals surface area contributed by atoms with Crippen LogP contribution in [0.3, 0.4) is 0 Å². The zero-order chi connectivity index (χ0) is 14.8. The fourth-order valence-corrected chi connectivity index (χ4v) is 2.30. The molecule has 0 aliphatic heterocycles. The van der Waals surface area contributed by atoms with Gasteiger partial charge in [0.15, 0.2) is 0 Å². The second-order valence-electron chi connectivity index (χ2n) is 4.68. The van der Waals surface area contributed by atoms with Crippen LogP contribution in [0.15, 0.2) is 18.2 Å². The Hall–Kier alpha value is -1.66. The van der Waals surface area contributed by atoms with Gasteiger partial charge in [-0.3, -0.25) is 0 Å². The molecule has 0 aromatic heterocycles. The maximum absolute atomic E-state index is 5.49. The first kappa shape index (κ1) is 16.4. The molecule has 1 N–H and O–H groups in total. The molecule has 0 heterocycles. The van der Waals surface area contributed by atoms with E-state index in [4.69, 9.17) is 15.9 Å². The normalized spacial score (nSPS) is 11.7. The van der Waals surface area contributed by atoms with E-state index >= 15 is 0 Å². The van der Waals surface area contributed by atoms with Crippen LogP contribution >= 0.6 is 0 Å². The Labute approximate surface area is 122 Å². The number of nitrogens with one attached hydrogen (secondary N) is 1. The van der Waals surface area contributed by atoms with Crippen molar-refractivity contribution in [1.29, 1.82) is 0 Å². The summed E-state index contributed by atoms with van der Waals surface area (Å²) in [6, 6.07) is 6.09. The van der Waals surface area contributed by atoms with E-state index in [2.05, 4.69) is 18.2 Å². The summed E-state index contributed by atoms with van der Waals surface area (Å²) in [4.78, 5) is 0. The van der Waals surface area contributed by atoms with E-state index in [1.165, 1.54) is 0 Å². The van der Waals surface area contributed by atoms with Gasteiger partial charge in [0.1, 0.15) is 11.5 Å². The maximum atomic E-state index is 5.49. The molecular weight excluding hydrogens is 250 g/mol. The highest BCUT2D eigenvalue weighted by molar-refractivity contribution is 5.47. The van der Waals surface area contributed by atoms with Crippen molar-refractivity contribution in [3.63, 3.8) is 0 Å². The van der Waals surface area contributed by atoms with Gasteiger partial charge in [-0.1, -0.05) is 13.0 Å². The molecule has 0 bridgehead atoms. The molecule has 1 unspecified atom stereocenters. The molecule has 0 spiro atoms. The van der Waals surface area contributed by atoms with E-state index in [1.807, 2.05) is 18.2 Å². The van der Waals surface area contributed by atoms with Crippen LogP contribution in [0.5, 0.6) is 11.5 Å². The highest BCUT2D eigenvalue weighted by Crippen LogP contribution is 2.36. The van der Waals surface area contributed by atoms with E-state index in [0.717, 1.165) is 49.3 Å². The fraction of sp³-hybridized carbons (Fsp3) is 0.529. The fourth-order valence-electron chi connectivity index (χ4n) is 2.30. The largest absolute Gasteiger partial charge is 0.496 e. The Morgan fingerprint density at radius 1 is 1.25 bits per heavy atom. The van der Waals surface area contributed by atoms with Gasteiger partial charge >= 0.3 is 0 Å². The molecule has 20 heavy (non-hydrogen) atoms. The Kier molecular flexibility index (Phi) is 7.60. The maximum Gasteiger partial charge on any atom is 0.127 e. The number of ether oxygens (including phenoxy) is 2. The van der Waals surface area contributed by atoms with E-state index in [0.29, 0.717) is 0 Å². The first-order valence-corrected chi connectivity index (χ1v) is 7.16. The van der Waals surface area contributed by atoms with Gasteiger partial charge in [0.25, 0.3) is 0 Å². The summed E-state index contributed by atoms with van der Waals surface area (Å²) in [6.07, 6.45) is 9.18. The lowest BCUT2D eigenvalue weighted by Gasteiger charge is -2.23. The molecule has 1 aromatic rings. The van der Waals surface area contributed by atoms with Crippen LogP contribution < -0.4 is 14.8 Å². The number of hydrogen-bond donors (Lipinski definition) is 1. The number of unbranched alkanes of at least 4 members (excludes halogenated alkanes) is 1. The molecular formula is C17H25NO2. The van der Waals surface area contributed by atoms with Crippen LogP contribution in [0.1, 0.15) is 44.2 Å². The van der Waals surface area contributed by atoms with Gasteiger partial charge in [-0.15, -0.1) is 12.3 Å². The van der Waals surface area contributed by atoms with Crippen molar-refractivity contribution in [2.24, 2.45) is 0 Å². The number of hydrogen-bond acceptors (Lipinski definition) is 3. The van der Waals surface area contributed by atoms with Gasteiger partial charge in [0.2, 0.25) is 0 Å². The molecule has 0 fully saturated rings. The third kappa shape index (κ3) is 4.47. The topological polar surface area (TPSA) is 30.5 Å². The van der Waals surface area contributed by atoms with Crippen molar-refractivity contribution in [2.45, 2.75) is 38.6 Å². The van der Waals surface area contributed by atoms with Crippen LogP contribution in [0.4, 0.5) is 0 Å². The summed E-state index contributed by atoms with van der Waals surface area (Å²) in [5.74, 6) is 4.42. The quantitative estimate of drug-likeness (QED) is 0.552. The average Bonchev–Trinajstić information content (AvgIpc) is 2.50. The number of terminal acetylenes is 1. The van der Waals surface area contributed by atoms with E-state index in [1.54, 1.807) is 14.2 Å². The van der Waals surface area contributed by atoms with Crippen LogP contribution in [0.25, 0.3) is 0 Å². The van der Waals surface area contributed by atoms with Gasteiger partial charge in [-0.2, -0.15) is 0 Å². The minimum absolute atomic E-state index is 0.203. The van der Waals surface area contributed by atoms with Crippen LogP contribution in [-0.4, -0.2) is 20.8 Å². The van der Waals surface area contributed by atoms with Crippen molar-refractivity contribution in [2.75, 3.05) is 20.8 Å². The van der Waals surface area contributed by atoms with Crippen LogP contribution in [-0.2, 0) is 0 Å². The predicted molar refractivity (Wildman–Crippen MR) is 83.3 cm³/mol. The first-order valence-electron chi connectivity index (χ1n) is 7.16. The summed E-state index contributed by atoms with van der Waals surface area (Å²) >= 11 is 0. The van der Waals surface area contributed by atoms with Gasteiger partial charge in [-0.25, -0.2) is 0 Å². The van der Waals surface area contributed by atoms with E-state index in [9.17, 15) is 0 Å². The van der Waals surface area contributed by atoms with Crippen molar-refractivity contribution >= 4 is 0 Å². The lowest BCUT2D eigenvalue weighted by Crippen LogP contribution is -2.23. The van der Waals surface area contributed by atoms with Gasteiger partial charge < -0.3 is 14.8 Å². The minimum Gasteiger partial charge on any atom is -0.496 e. The summed E-state index contributed by atoms with van der Waals surface area (Å²) in [5.41, 5.74) is 1.09. The van der Waals surface area contributed by atoms with Crippen molar-refractivity contribution in [3.8, 4) is 23.8 Å². The molecule has 110 valence electrons. The van der Waals surface area contributed by atoms with Crippen LogP contribution in [0, 0.1) is 12.3 Å². The SMILES string of the molecule is C#CCCCC(NCCC)c1c(OC)cccc1OC. The molecule has 0 radical (unpaired) electrons. The summed E-state index contributed by atoms with van der Waals surface area (Å²) < 4.78 is 11.0. The van der Waals surface area contributed by atoms with E-state index < -0.39 is 0 Å². The zero-order valence-electron chi connectivity index (χ0n) is 12.7. The predicted octanol–water partition coefficient (Wildman–Crippen LogP) is 3.55. The zero-order valence-corrected chi connectivity index (χ0v) is 12.7. The Bertz CT molecular complexity index is 415. The Balaban J connectivity index is 3.00. The molecule has 1 atom stereocenters. The summed E-state index contributed by atoms with van der Waals surface area (Å²) in [5, 5.41) is 3.57. The van der Waals surface area contributed by atoms with Crippen molar-refractivity contribution in [3.05, 3.63) is 23.8 Å². The molecule has 3 heteroatoms. The summed E-state index contributed by atoms with van der Waals surface area (Å²) in [7, 11) is 3.38. The van der Waals surface area contributed by atoms with Gasteiger partial charge in [0, 0.05) is 12.5 Å². The molecule has 1 aromatic carbocycles. The number of rotatable bonds is 9. The minimum atomic E-state index is 0.203. The second-order valence-corrected chi connectivity index (χ2v) is 4.68. The highest BCUT2D eigenvalue weighted by atomic mass is 16.5. The standard InChI is InChI=1S/C17H25NO2/c1-5-7-8-10-14(18-13-6-2)17-15(19-3)11-9-12-16(17)20-4/h1,9,11-12,14,18H,6-8,10,13H2,2-4H3. The lowest BCUT2D eigenvalue weighted by molar-refractivity contribution is 0.364. The smallest absolute Gasteiger partial charge is 0.127 e. The Morgan fingerprint density at radius 2 is 1.90 bits per heavy atom. The third-order valence-electron chi connectivity index (χ3n) is 3.27. The van der Waals surface area contributed by atoms with Crippen LogP contribution in [0.2, 0.25) is 0 Å². The average molecular weight is 275 g/mol. The van der Waals surface area contributed by atoms with Crippen molar-refractivity contribution in [1.82, 2.24) is 5.32 Å². The molecule has 0 saturated heterocycles. The molecule has 0 aliphatic rings. The number of benzene rings is 1. The molecule has 0 aliphatic carbocycles.